The fraction of sp³-hybridized carbons (Fsp3) is 0.231. The van der Waals surface area contributed by atoms with Crippen LogP contribution in [0, 0.1) is 0 Å². The summed E-state index contributed by atoms with van der Waals surface area (Å²) in [6.07, 6.45) is 1.70. The van der Waals surface area contributed by atoms with Crippen molar-refractivity contribution in [3.8, 4) is 11.5 Å². The zero-order chi connectivity index (χ0) is 13.4. The van der Waals surface area contributed by atoms with Crippen LogP contribution in [0.2, 0.25) is 0 Å². The van der Waals surface area contributed by atoms with Gasteiger partial charge < -0.3 is 14.2 Å². The first-order valence-electron chi connectivity index (χ1n) is 5.25. The molecule has 0 saturated carbocycles. The zero-order valence-electron chi connectivity index (χ0n) is 10.00. The summed E-state index contributed by atoms with van der Waals surface area (Å²) in [6, 6.07) is 4.92. The smallest absolute Gasteiger partial charge is 0.298 e. The van der Waals surface area contributed by atoms with E-state index in [0.717, 1.165) is 5.56 Å². The average molecular weight is 250 g/mol. The number of ether oxygens (including phenoxy) is 3. The molecule has 0 aliphatic rings. The Kier molecular flexibility index (Phi) is 5.44. The SMILES string of the molecule is C=CCC(OC=O)c1ccc(OC=O)c(OC)c1. The molecule has 0 heterocycles. The maximum Gasteiger partial charge on any atom is 0.298 e. The summed E-state index contributed by atoms with van der Waals surface area (Å²) in [5.41, 5.74) is 0.733. The first kappa shape index (κ1) is 13.8. The minimum absolute atomic E-state index is 0.305. The van der Waals surface area contributed by atoms with Gasteiger partial charge in [-0.2, -0.15) is 0 Å². The number of rotatable bonds is 8. The lowest BCUT2D eigenvalue weighted by molar-refractivity contribution is -0.133. The van der Waals surface area contributed by atoms with Crippen molar-refractivity contribution in [3.05, 3.63) is 36.4 Å². The maximum atomic E-state index is 10.4. The van der Waals surface area contributed by atoms with Crippen LogP contribution in [0.5, 0.6) is 11.5 Å². The quantitative estimate of drug-likeness (QED) is 0.521. The van der Waals surface area contributed by atoms with E-state index in [-0.39, 0.29) is 0 Å². The number of carbonyl (C=O) groups is 2. The largest absolute Gasteiger partial charge is 0.493 e. The van der Waals surface area contributed by atoms with E-state index in [1.165, 1.54) is 7.11 Å². The summed E-state index contributed by atoms with van der Waals surface area (Å²) in [4.78, 5) is 20.7. The van der Waals surface area contributed by atoms with Crippen LogP contribution in [0.3, 0.4) is 0 Å². The van der Waals surface area contributed by atoms with Gasteiger partial charge in [-0.1, -0.05) is 12.1 Å². The Morgan fingerprint density at radius 2 is 2.06 bits per heavy atom. The Balaban J connectivity index is 3.04. The zero-order valence-corrected chi connectivity index (χ0v) is 10.00. The lowest BCUT2D eigenvalue weighted by atomic mass is 10.1. The van der Waals surface area contributed by atoms with Gasteiger partial charge in [0.2, 0.25) is 0 Å². The fourth-order valence-electron chi connectivity index (χ4n) is 1.52. The molecule has 18 heavy (non-hydrogen) atoms. The first-order chi connectivity index (χ1) is 8.76. The molecule has 0 aromatic heterocycles. The van der Waals surface area contributed by atoms with Crippen molar-refractivity contribution in [1.29, 1.82) is 0 Å². The van der Waals surface area contributed by atoms with Gasteiger partial charge in [-0.25, -0.2) is 0 Å². The number of carbonyl (C=O) groups excluding carboxylic acids is 2. The molecule has 0 bridgehead atoms. The number of benzene rings is 1. The molecule has 0 spiro atoms. The normalized spacial score (nSPS) is 11.2. The molecular weight excluding hydrogens is 236 g/mol. The molecule has 0 aliphatic carbocycles. The van der Waals surface area contributed by atoms with Crippen LogP contribution >= 0.6 is 0 Å². The first-order valence-corrected chi connectivity index (χ1v) is 5.25. The van der Waals surface area contributed by atoms with Crippen LogP contribution < -0.4 is 9.47 Å². The highest BCUT2D eigenvalue weighted by Gasteiger charge is 2.14. The van der Waals surface area contributed by atoms with Crippen molar-refractivity contribution in [2.75, 3.05) is 7.11 Å². The summed E-state index contributed by atoms with van der Waals surface area (Å²) < 4.78 is 14.8. The lowest BCUT2D eigenvalue weighted by Gasteiger charge is -2.15. The molecular formula is C13H14O5. The van der Waals surface area contributed by atoms with Crippen molar-refractivity contribution in [2.45, 2.75) is 12.5 Å². The van der Waals surface area contributed by atoms with Gasteiger partial charge in [-0.3, -0.25) is 9.59 Å². The molecule has 1 aromatic rings. The Morgan fingerprint density at radius 3 is 2.61 bits per heavy atom. The van der Waals surface area contributed by atoms with Gasteiger partial charge in [0.15, 0.2) is 11.5 Å². The van der Waals surface area contributed by atoms with E-state index in [2.05, 4.69) is 6.58 Å². The van der Waals surface area contributed by atoms with Crippen molar-refractivity contribution < 1.29 is 23.8 Å². The summed E-state index contributed by atoms with van der Waals surface area (Å²) in [5, 5.41) is 0. The molecule has 5 heteroatoms. The molecule has 5 nitrogen and oxygen atoms in total. The Labute approximate surface area is 105 Å². The minimum atomic E-state index is -0.431. The standard InChI is InChI=1S/C13H14O5/c1-3-4-11(17-8-14)10-5-6-12(18-9-15)13(7-10)16-2/h3,5-9,11H,1,4H2,2H3. The molecule has 96 valence electrons. The van der Waals surface area contributed by atoms with Crippen molar-refractivity contribution in [3.63, 3.8) is 0 Å². The van der Waals surface area contributed by atoms with E-state index >= 15 is 0 Å². The van der Waals surface area contributed by atoms with Crippen LogP contribution in [0.4, 0.5) is 0 Å². The van der Waals surface area contributed by atoms with Crippen molar-refractivity contribution in [1.82, 2.24) is 0 Å². The van der Waals surface area contributed by atoms with Crippen LogP contribution in [0.15, 0.2) is 30.9 Å². The van der Waals surface area contributed by atoms with Gasteiger partial charge in [-0.15, -0.1) is 6.58 Å². The predicted octanol–water partition coefficient (Wildman–Crippen LogP) is 2.02. The number of hydrogen-bond acceptors (Lipinski definition) is 5. The molecule has 1 atom stereocenters. The predicted molar refractivity (Wildman–Crippen MR) is 64.4 cm³/mol. The van der Waals surface area contributed by atoms with Crippen LogP contribution in [0.1, 0.15) is 18.1 Å². The van der Waals surface area contributed by atoms with Crippen LogP contribution in [0.25, 0.3) is 0 Å². The van der Waals surface area contributed by atoms with Gasteiger partial charge in [0.05, 0.1) is 7.11 Å². The summed E-state index contributed by atoms with van der Waals surface area (Å²) >= 11 is 0. The van der Waals surface area contributed by atoms with E-state index < -0.39 is 6.10 Å². The molecule has 0 aliphatic heterocycles. The Bertz CT molecular complexity index is 417. The van der Waals surface area contributed by atoms with Gasteiger partial charge in [-0.05, 0) is 17.7 Å². The minimum Gasteiger partial charge on any atom is -0.493 e. The highest BCUT2D eigenvalue weighted by atomic mass is 16.5. The average Bonchev–Trinajstić information content (AvgIpc) is 2.39. The van der Waals surface area contributed by atoms with Crippen LogP contribution in [-0.2, 0) is 14.3 Å². The van der Waals surface area contributed by atoms with Crippen molar-refractivity contribution in [2.24, 2.45) is 0 Å². The number of hydrogen-bond donors (Lipinski definition) is 0. The molecule has 1 unspecified atom stereocenters. The van der Waals surface area contributed by atoms with Gasteiger partial charge >= 0.3 is 0 Å². The molecule has 1 rings (SSSR count). The molecule has 0 radical (unpaired) electrons. The topological polar surface area (TPSA) is 61.8 Å². The highest BCUT2D eigenvalue weighted by molar-refractivity contribution is 5.52. The van der Waals surface area contributed by atoms with E-state index in [9.17, 15) is 9.59 Å². The van der Waals surface area contributed by atoms with Gasteiger partial charge in [0, 0.05) is 6.42 Å². The summed E-state index contributed by atoms with van der Waals surface area (Å²) in [6.45, 7) is 4.31. The van der Waals surface area contributed by atoms with Crippen molar-refractivity contribution >= 4 is 12.9 Å². The third-order valence-electron chi connectivity index (χ3n) is 2.34. The molecule has 0 saturated heterocycles. The second kappa shape index (κ2) is 7.11. The monoisotopic (exact) mass is 250 g/mol. The van der Waals surface area contributed by atoms with Gasteiger partial charge in [0.25, 0.3) is 12.9 Å². The van der Waals surface area contributed by atoms with E-state index in [1.807, 2.05) is 0 Å². The van der Waals surface area contributed by atoms with E-state index in [0.29, 0.717) is 30.9 Å². The molecule has 1 aromatic carbocycles. The molecule has 0 fully saturated rings. The number of methoxy groups -OCH3 is 1. The molecule has 0 amide bonds. The van der Waals surface area contributed by atoms with Gasteiger partial charge in [0.1, 0.15) is 6.10 Å². The lowest BCUT2D eigenvalue weighted by Crippen LogP contribution is -2.03. The fourth-order valence-corrected chi connectivity index (χ4v) is 1.52. The van der Waals surface area contributed by atoms with Crippen LogP contribution in [-0.4, -0.2) is 20.1 Å². The van der Waals surface area contributed by atoms with E-state index in [1.54, 1.807) is 24.3 Å². The second-order valence-electron chi connectivity index (χ2n) is 3.37. The third kappa shape index (κ3) is 3.35. The maximum absolute atomic E-state index is 10.4. The Hall–Kier alpha value is -2.30. The Morgan fingerprint density at radius 1 is 1.28 bits per heavy atom. The second-order valence-corrected chi connectivity index (χ2v) is 3.37. The highest BCUT2D eigenvalue weighted by Crippen LogP contribution is 2.32. The summed E-state index contributed by atoms with van der Waals surface area (Å²) in [7, 11) is 1.46. The van der Waals surface area contributed by atoms with E-state index in [4.69, 9.17) is 14.2 Å². The summed E-state index contributed by atoms with van der Waals surface area (Å²) in [5.74, 6) is 0.697. The third-order valence-corrected chi connectivity index (χ3v) is 2.34. The molecule has 0 N–H and O–H groups in total.